The zero-order valence-corrected chi connectivity index (χ0v) is 25.7. The molecular formula is C30H37F3N4O5S. The molecule has 0 spiro atoms. The van der Waals surface area contributed by atoms with Crippen molar-refractivity contribution in [2.75, 3.05) is 6.54 Å². The molecule has 2 heterocycles. The summed E-state index contributed by atoms with van der Waals surface area (Å²) < 4.78 is 77.1. The molecule has 1 N–H and O–H groups in total. The Hall–Kier alpha value is -3.29. The van der Waals surface area contributed by atoms with Crippen molar-refractivity contribution >= 4 is 16.0 Å². The lowest BCUT2D eigenvalue weighted by atomic mass is 9.81. The molecule has 1 aromatic heterocycles. The van der Waals surface area contributed by atoms with E-state index in [1.807, 2.05) is 13.8 Å². The third-order valence-electron chi connectivity index (χ3n) is 7.76. The van der Waals surface area contributed by atoms with E-state index in [0.717, 1.165) is 24.1 Å². The minimum Gasteiger partial charge on any atom is -0.481 e. The van der Waals surface area contributed by atoms with Crippen molar-refractivity contribution in [1.82, 2.24) is 19.3 Å². The zero-order valence-electron chi connectivity index (χ0n) is 24.8. The van der Waals surface area contributed by atoms with E-state index < -0.39 is 39.3 Å². The van der Waals surface area contributed by atoms with Crippen LogP contribution in [-0.2, 0) is 51.8 Å². The second-order valence-corrected chi connectivity index (χ2v) is 13.7. The molecule has 4 rings (SSSR count). The Balaban J connectivity index is 1.69. The highest BCUT2D eigenvalue weighted by Gasteiger charge is 2.40. The van der Waals surface area contributed by atoms with Crippen molar-refractivity contribution in [1.29, 1.82) is 0 Å². The lowest BCUT2D eigenvalue weighted by Crippen LogP contribution is -2.34. The molecule has 2 aromatic carbocycles. The summed E-state index contributed by atoms with van der Waals surface area (Å²) in [6, 6.07) is 8.11. The van der Waals surface area contributed by atoms with Crippen LogP contribution >= 0.6 is 0 Å². The van der Waals surface area contributed by atoms with Crippen LogP contribution < -0.4 is 0 Å². The SMILES string of the molecule is CCCn1cc(COC(c2ccc(C)c(CN3C[C@H](C)Cc4ccc(C(F)(F)F)cc4S3(=O)=O)c2)C(C)(C)C(=O)O)nn1. The molecular weight excluding hydrogens is 585 g/mol. The van der Waals surface area contributed by atoms with Gasteiger partial charge in [0.1, 0.15) is 5.69 Å². The van der Waals surface area contributed by atoms with Crippen LogP contribution in [0, 0.1) is 18.3 Å². The number of hydrogen-bond acceptors (Lipinski definition) is 6. The number of carboxylic acid groups (broad SMARTS) is 1. The molecule has 13 heteroatoms. The minimum atomic E-state index is -4.69. The van der Waals surface area contributed by atoms with Crippen LogP contribution in [0.2, 0.25) is 0 Å². The molecule has 0 bridgehead atoms. The standard InChI is InChI=1S/C30H37F3N4O5S/c1-6-11-36-17-25(34-35-36)18-42-27(29(4,5)28(38)39)22-8-7-20(3)23(13-22)16-37-15-19(2)12-21-9-10-24(30(31,32)33)14-26(21)43(37,40)41/h7-10,13-14,17,19,27H,6,11-12,15-16,18H2,1-5H3,(H,38,39)/t19-,27?/m1/s1. The maximum absolute atomic E-state index is 13.8. The number of benzene rings is 2. The van der Waals surface area contributed by atoms with E-state index in [2.05, 4.69) is 10.3 Å². The van der Waals surface area contributed by atoms with Crippen molar-refractivity contribution in [2.24, 2.45) is 11.3 Å². The van der Waals surface area contributed by atoms with Gasteiger partial charge in [-0.05, 0) is 73.9 Å². The first-order valence-electron chi connectivity index (χ1n) is 14.1. The number of aromatic nitrogens is 3. The van der Waals surface area contributed by atoms with Crippen molar-refractivity contribution in [3.8, 4) is 0 Å². The quantitative estimate of drug-likeness (QED) is 0.306. The van der Waals surface area contributed by atoms with Gasteiger partial charge in [0, 0.05) is 19.6 Å². The van der Waals surface area contributed by atoms with Gasteiger partial charge in [-0.1, -0.05) is 43.3 Å². The van der Waals surface area contributed by atoms with Gasteiger partial charge in [-0.2, -0.15) is 17.5 Å². The number of carbonyl (C=O) groups is 1. The molecule has 43 heavy (non-hydrogen) atoms. The van der Waals surface area contributed by atoms with Crippen molar-refractivity contribution in [3.05, 3.63) is 76.1 Å². The number of aryl methyl sites for hydroxylation is 2. The Morgan fingerprint density at radius 1 is 1.19 bits per heavy atom. The third kappa shape index (κ3) is 7.10. The van der Waals surface area contributed by atoms with Crippen molar-refractivity contribution in [2.45, 2.75) is 84.3 Å². The lowest BCUT2D eigenvalue weighted by Gasteiger charge is -2.31. The number of alkyl halides is 3. The van der Waals surface area contributed by atoms with Crippen LogP contribution in [0.15, 0.2) is 47.5 Å². The number of halogens is 3. The average molecular weight is 623 g/mol. The van der Waals surface area contributed by atoms with E-state index in [0.29, 0.717) is 35.3 Å². The molecule has 3 aromatic rings. The lowest BCUT2D eigenvalue weighted by molar-refractivity contribution is -0.158. The largest absolute Gasteiger partial charge is 0.481 e. The summed E-state index contributed by atoms with van der Waals surface area (Å²) in [7, 11) is -4.28. The second-order valence-electron chi connectivity index (χ2n) is 11.8. The van der Waals surface area contributed by atoms with E-state index in [4.69, 9.17) is 4.74 Å². The molecule has 9 nitrogen and oxygen atoms in total. The molecule has 0 aliphatic carbocycles. The molecule has 0 amide bonds. The van der Waals surface area contributed by atoms with Crippen molar-refractivity contribution < 1.29 is 36.2 Å². The number of ether oxygens (including phenoxy) is 1. The van der Waals surface area contributed by atoms with Crippen LogP contribution in [0.25, 0.3) is 0 Å². The number of carboxylic acids is 1. The fourth-order valence-corrected chi connectivity index (χ4v) is 7.07. The number of aliphatic carboxylic acids is 1. The molecule has 0 saturated carbocycles. The highest BCUT2D eigenvalue weighted by Crippen LogP contribution is 2.39. The van der Waals surface area contributed by atoms with Gasteiger partial charge in [0.25, 0.3) is 0 Å². The summed E-state index contributed by atoms with van der Waals surface area (Å²) in [6.07, 6.45) is -2.70. The molecule has 1 unspecified atom stereocenters. The van der Waals surface area contributed by atoms with Gasteiger partial charge in [-0.25, -0.2) is 8.42 Å². The maximum atomic E-state index is 13.8. The Labute approximate surface area is 249 Å². The van der Waals surface area contributed by atoms with Crippen LogP contribution in [0.4, 0.5) is 13.2 Å². The fourth-order valence-electron chi connectivity index (χ4n) is 5.27. The van der Waals surface area contributed by atoms with Gasteiger partial charge >= 0.3 is 12.1 Å². The normalized spacial score (nSPS) is 18.2. The van der Waals surface area contributed by atoms with E-state index in [1.54, 1.807) is 49.8 Å². The topological polar surface area (TPSA) is 115 Å². The van der Waals surface area contributed by atoms with Crippen LogP contribution in [0.3, 0.4) is 0 Å². The summed E-state index contributed by atoms with van der Waals surface area (Å²) >= 11 is 0. The van der Waals surface area contributed by atoms with E-state index in [1.165, 1.54) is 10.4 Å². The average Bonchev–Trinajstić information content (AvgIpc) is 3.33. The minimum absolute atomic E-state index is 0.00461. The third-order valence-corrected chi connectivity index (χ3v) is 9.66. The Bertz CT molecular complexity index is 1590. The fraction of sp³-hybridized carbons (Fsp3) is 0.500. The molecule has 0 fully saturated rings. The zero-order chi connectivity index (χ0) is 31.7. The monoisotopic (exact) mass is 622 g/mol. The molecule has 0 saturated heterocycles. The number of hydrogen-bond donors (Lipinski definition) is 1. The summed E-state index contributed by atoms with van der Waals surface area (Å²) in [5.74, 6) is -1.24. The molecule has 2 atom stereocenters. The van der Waals surface area contributed by atoms with Crippen LogP contribution in [0.5, 0.6) is 0 Å². The second kappa shape index (κ2) is 12.4. The Kier molecular flexibility index (Phi) is 9.38. The smallest absolute Gasteiger partial charge is 0.416 e. The highest BCUT2D eigenvalue weighted by molar-refractivity contribution is 7.89. The molecule has 234 valence electrons. The Morgan fingerprint density at radius 2 is 1.91 bits per heavy atom. The van der Waals surface area contributed by atoms with Crippen LogP contribution in [0.1, 0.15) is 73.7 Å². The summed E-state index contributed by atoms with van der Waals surface area (Å²) in [6.45, 7) is 9.44. The summed E-state index contributed by atoms with van der Waals surface area (Å²) in [5.41, 5.74) is 0.348. The maximum Gasteiger partial charge on any atom is 0.416 e. The van der Waals surface area contributed by atoms with E-state index >= 15 is 0 Å². The summed E-state index contributed by atoms with van der Waals surface area (Å²) in [5, 5.41) is 18.2. The number of nitrogens with zero attached hydrogens (tertiary/aromatic N) is 4. The number of fused-ring (bicyclic) bond motifs is 1. The first kappa shape index (κ1) is 32.6. The van der Waals surface area contributed by atoms with Gasteiger partial charge in [0.2, 0.25) is 10.0 Å². The first-order chi connectivity index (χ1) is 20.0. The molecule has 1 aliphatic rings. The van der Waals surface area contributed by atoms with Gasteiger partial charge in [-0.3, -0.25) is 9.48 Å². The van der Waals surface area contributed by atoms with Crippen LogP contribution in [-0.4, -0.2) is 45.3 Å². The first-order valence-corrected chi connectivity index (χ1v) is 15.5. The van der Waals surface area contributed by atoms with Crippen molar-refractivity contribution in [3.63, 3.8) is 0 Å². The predicted octanol–water partition coefficient (Wildman–Crippen LogP) is 5.77. The predicted molar refractivity (Wildman–Crippen MR) is 152 cm³/mol. The molecule has 0 radical (unpaired) electrons. The molecule has 1 aliphatic heterocycles. The number of rotatable bonds is 10. The van der Waals surface area contributed by atoms with Gasteiger partial charge in [0.05, 0.1) is 34.8 Å². The Morgan fingerprint density at radius 3 is 2.56 bits per heavy atom. The van der Waals surface area contributed by atoms with Gasteiger partial charge in [-0.15, -0.1) is 5.10 Å². The highest BCUT2D eigenvalue weighted by atomic mass is 32.2. The summed E-state index contributed by atoms with van der Waals surface area (Å²) in [4.78, 5) is 12.0. The number of sulfonamides is 1. The van der Waals surface area contributed by atoms with E-state index in [9.17, 15) is 31.5 Å². The van der Waals surface area contributed by atoms with Gasteiger partial charge < -0.3 is 9.84 Å². The van der Waals surface area contributed by atoms with E-state index in [-0.39, 0.29) is 30.5 Å². The van der Waals surface area contributed by atoms with Gasteiger partial charge in [0.15, 0.2) is 0 Å².